The Morgan fingerprint density at radius 3 is 2.64 bits per heavy atom. The van der Waals surface area contributed by atoms with Crippen LogP contribution in [0.2, 0.25) is 0 Å². The van der Waals surface area contributed by atoms with E-state index in [1.54, 1.807) is 0 Å². The third-order valence-electron chi connectivity index (χ3n) is 1.58. The second kappa shape index (κ2) is 4.41. The third kappa shape index (κ3) is 2.03. The Labute approximate surface area is 86.2 Å². The van der Waals surface area contributed by atoms with E-state index in [2.05, 4.69) is 20.9 Å². The van der Waals surface area contributed by atoms with Crippen molar-refractivity contribution in [3.05, 3.63) is 33.6 Å². The van der Waals surface area contributed by atoms with E-state index in [0.29, 0.717) is 0 Å². The van der Waals surface area contributed by atoms with Crippen molar-refractivity contribution in [3.63, 3.8) is 0 Å². The van der Waals surface area contributed by atoms with Gasteiger partial charge in [0.25, 0.3) is 12.1 Å². The van der Waals surface area contributed by atoms with Crippen LogP contribution in [-0.4, -0.2) is 9.91 Å². The van der Waals surface area contributed by atoms with Crippen molar-refractivity contribution >= 4 is 21.6 Å². The van der Waals surface area contributed by atoms with Crippen LogP contribution in [0.15, 0.2) is 12.4 Å². The molecule has 7 heteroatoms. The van der Waals surface area contributed by atoms with Crippen molar-refractivity contribution in [2.75, 3.05) is 0 Å². The Morgan fingerprint density at radius 1 is 1.57 bits per heavy atom. The minimum atomic E-state index is -2.89. The monoisotopic (exact) mass is 266 g/mol. The highest BCUT2D eigenvalue weighted by Gasteiger charge is 2.25. The molecule has 0 radical (unpaired) electrons. The largest absolute Gasteiger partial charge is 0.285 e. The number of rotatable bonds is 3. The summed E-state index contributed by atoms with van der Waals surface area (Å²) in [7, 11) is 0. The lowest BCUT2D eigenvalue weighted by Gasteiger charge is -2.03. The molecule has 0 aliphatic rings. The van der Waals surface area contributed by atoms with Crippen molar-refractivity contribution in [2.24, 2.45) is 0 Å². The fourth-order valence-electron chi connectivity index (χ4n) is 0.995. The zero-order valence-corrected chi connectivity index (χ0v) is 8.37. The van der Waals surface area contributed by atoms with Gasteiger partial charge in [0.2, 0.25) is 0 Å². The summed E-state index contributed by atoms with van der Waals surface area (Å²) in [6.07, 6.45) is -0.879. The SMILES string of the molecule is O=[N+]([O-])c1c(CBr)cncc1C(F)F. The van der Waals surface area contributed by atoms with Crippen molar-refractivity contribution in [3.8, 4) is 0 Å². The van der Waals surface area contributed by atoms with E-state index in [1.807, 2.05) is 0 Å². The molecule has 0 aromatic carbocycles. The van der Waals surface area contributed by atoms with Crippen molar-refractivity contribution in [2.45, 2.75) is 11.8 Å². The fraction of sp³-hybridized carbons (Fsp3) is 0.286. The van der Waals surface area contributed by atoms with Crippen LogP contribution in [0.4, 0.5) is 14.5 Å². The van der Waals surface area contributed by atoms with Gasteiger partial charge in [-0.1, -0.05) is 15.9 Å². The second-order valence-electron chi connectivity index (χ2n) is 2.43. The van der Waals surface area contributed by atoms with Crippen LogP contribution in [0, 0.1) is 10.1 Å². The summed E-state index contributed by atoms with van der Waals surface area (Å²) in [5.41, 5.74) is -1.06. The van der Waals surface area contributed by atoms with Crippen LogP contribution < -0.4 is 0 Å². The van der Waals surface area contributed by atoms with E-state index >= 15 is 0 Å². The van der Waals surface area contributed by atoms with Gasteiger partial charge < -0.3 is 0 Å². The molecule has 1 heterocycles. The van der Waals surface area contributed by atoms with E-state index in [-0.39, 0.29) is 10.9 Å². The standard InChI is InChI=1S/C7H5BrF2N2O2/c8-1-4-2-11-3-5(7(9)10)6(4)12(13)14/h2-3,7H,1H2. The maximum absolute atomic E-state index is 12.3. The molecule has 14 heavy (non-hydrogen) atoms. The Bertz CT molecular complexity index is 360. The summed E-state index contributed by atoms with van der Waals surface area (Å²) < 4.78 is 24.7. The predicted molar refractivity (Wildman–Crippen MR) is 48.5 cm³/mol. The van der Waals surface area contributed by atoms with Gasteiger partial charge in [-0.2, -0.15) is 0 Å². The Hall–Kier alpha value is -1.11. The number of nitro groups is 1. The average Bonchev–Trinajstić information content (AvgIpc) is 2.16. The molecule has 0 bridgehead atoms. The molecule has 0 aliphatic carbocycles. The molecule has 4 nitrogen and oxygen atoms in total. The minimum absolute atomic E-state index is 0.122. The van der Waals surface area contributed by atoms with E-state index < -0.39 is 22.6 Å². The Morgan fingerprint density at radius 2 is 2.21 bits per heavy atom. The van der Waals surface area contributed by atoms with Crippen LogP contribution in [0.1, 0.15) is 17.6 Å². The number of alkyl halides is 3. The Kier molecular flexibility index (Phi) is 3.45. The summed E-state index contributed by atoms with van der Waals surface area (Å²) in [4.78, 5) is 13.2. The lowest BCUT2D eigenvalue weighted by Crippen LogP contribution is -2.01. The lowest BCUT2D eigenvalue weighted by molar-refractivity contribution is -0.387. The molecule has 1 aromatic rings. The molecule has 0 spiro atoms. The van der Waals surface area contributed by atoms with Crippen LogP contribution in [0.5, 0.6) is 0 Å². The van der Waals surface area contributed by atoms with Gasteiger partial charge in [0.1, 0.15) is 5.56 Å². The van der Waals surface area contributed by atoms with Crippen LogP contribution in [-0.2, 0) is 5.33 Å². The highest BCUT2D eigenvalue weighted by Crippen LogP contribution is 2.31. The third-order valence-corrected chi connectivity index (χ3v) is 2.19. The molecule has 76 valence electrons. The molecule has 0 atom stereocenters. The van der Waals surface area contributed by atoms with Crippen LogP contribution in [0.25, 0.3) is 0 Å². The lowest BCUT2D eigenvalue weighted by atomic mass is 10.2. The summed E-state index contributed by atoms with van der Waals surface area (Å²) in [5.74, 6) is 0. The van der Waals surface area contributed by atoms with Crippen molar-refractivity contribution in [1.82, 2.24) is 4.98 Å². The minimum Gasteiger partial charge on any atom is -0.263 e. The van der Waals surface area contributed by atoms with Gasteiger partial charge in [-0.3, -0.25) is 15.1 Å². The molecule has 0 saturated heterocycles. The molecule has 0 unspecified atom stereocenters. The van der Waals surface area contributed by atoms with Crippen molar-refractivity contribution < 1.29 is 13.7 Å². The average molecular weight is 267 g/mol. The smallest absolute Gasteiger partial charge is 0.263 e. The van der Waals surface area contributed by atoms with Crippen LogP contribution >= 0.6 is 15.9 Å². The molecule has 1 rings (SSSR count). The highest BCUT2D eigenvalue weighted by molar-refractivity contribution is 9.08. The van der Waals surface area contributed by atoms with Gasteiger partial charge in [-0.05, 0) is 0 Å². The number of nitrogens with zero attached hydrogens (tertiary/aromatic N) is 2. The number of aromatic nitrogens is 1. The van der Waals surface area contributed by atoms with E-state index in [1.165, 1.54) is 6.20 Å². The Balaban J connectivity index is 3.35. The normalized spacial score (nSPS) is 10.6. The first-order valence-corrected chi connectivity index (χ1v) is 4.65. The first-order valence-electron chi connectivity index (χ1n) is 3.53. The summed E-state index contributed by atoms with van der Waals surface area (Å²) in [6, 6.07) is 0. The quantitative estimate of drug-likeness (QED) is 0.480. The van der Waals surface area contributed by atoms with Crippen molar-refractivity contribution in [1.29, 1.82) is 0 Å². The molecule has 0 amide bonds. The van der Waals surface area contributed by atoms with Gasteiger partial charge in [0.15, 0.2) is 0 Å². The zero-order valence-electron chi connectivity index (χ0n) is 6.78. The van der Waals surface area contributed by atoms with Gasteiger partial charge >= 0.3 is 0 Å². The zero-order chi connectivity index (χ0) is 10.7. The van der Waals surface area contributed by atoms with E-state index in [4.69, 9.17) is 0 Å². The predicted octanol–water partition coefficient (Wildman–Crippen LogP) is 2.82. The number of hydrogen-bond donors (Lipinski definition) is 0. The summed E-state index contributed by atoms with van der Waals surface area (Å²) >= 11 is 2.97. The topological polar surface area (TPSA) is 56.0 Å². The second-order valence-corrected chi connectivity index (χ2v) is 2.99. The number of hydrogen-bond acceptors (Lipinski definition) is 3. The maximum Gasteiger partial charge on any atom is 0.285 e. The molecule has 0 saturated carbocycles. The van der Waals surface area contributed by atoms with E-state index in [9.17, 15) is 18.9 Å². The fourth-order valence-corrected chi connectivity index (χ4v) is 1.41. The first-order chi connectivity index (χ1) is 6.57. The summed E-state index contributed by atoms with van der Waals surface area (Å²) in [5, 5.41) is 10.7. The molecule has 1 aromatic heterocycles. The van der Waals surface area contributed by atoms with E-state index in [0.717, 1.165) is 6.20 Å². The van der Waals surface area contributed by atoms with Gasteiger partial charge in [0.05, 0.1) is 10.5 Å². The molecule has 0 aliphatic heterocycles. The maximum atomic E-state index is 12.3. The van der Waals surface area contributed by atoms with Gasteiger partial charge in [-0.25, -0.2) is 8.78 Å². The van der Waals surface area contributed by atoms with Gasteiger partial charge in [-0.15, -0.1) is 0 Å². The molecular weight excluding hydrogens is 262 g/mol. The highest BCUT2D eigenvalue weighted by atomic mass is 79.9. The van der Waals surface area contributed by atoms with Crippen LogP contribution in [0.3, 0.4) is 0 Å². The van der Waals surface area contributed by atoms with Gasteiger partial charge in [0, 0.05) is 17.7 Å². The number of halogens is 3. The molecule has 0 N–H and O–H groups in total. The first kappa shape index (κ1) is 11.0. The molecule has 0 fully saturated rings. The molecular formula is C7H5BrF2N2O2. The number of pyridine rings is 1. The summed E-state index contributed by atoms with van der Waals surface area (Å²) in [6.45, 7) is 0.